The van der Waals surface area contributed by atoms with Crippen LogP contribution in [-0.2, 0) is 0 Å². The second kappa shape index (κ2) is 10.1. The molecule has 0 aliphatic carbocycles. The van der Waals surface area contributed by atoms with Crippen LogP contribution in [0.5, 0.6) is 11.5 Å². The zero-order valence-corrected chi connectivity index (χ0v) is 20.1. The highest BCUT2D eigenvalue weighted by Crippen LogP contribution is 2.31. The number of likely N-dealkylation sites (tertiary alicyclic amines) is 1. The highest BCUT2D eigenvalue weighted by atomic mass is 19.4. The van der Waals surface area contributed by atoms with E-state index in [2.05, 4.69) is 15.4 Å². The number of ether oxygens (including phenoxy) is 2. The Hall–Kier alpha value is -4.85. The van der Waals surface area contributed by atoms with E-state index in [1.165, 1.54) is 27.6 Å². The van der Waals surface area contributed by atoms with E-state index >= 15 is 0 Å². The van der Waals surface area contributed by atoms with E-state index in [1.807, 2.05) is 0 Å². The summed E-state index contributed by atoms with van der Waals surface area (Å²) < 4.78 is 50.0. The number of carbonyl (C=O) groups is 2. The number of halogens is 3. The molecular weight excluding hydrogens is 521 g/mol. The molecule has 1 aliphatic heterocycles. The van der Waals surface area contributed by atoms with Crippen LogP contribution < -0.4 is 20.5 Å². The van der Waals surface area contributed by atoms with Gasteiger partial charge in [-0.25, -0.2) is 9.31 Å². The molecule has 2 amide bonds. The maximum Gasteiger partial charge on any atom is 0.422 e. The number of rotatable bonds is 7. The fourth-order valence-electron chi connectivity index (χ4n) is 3.90. The minimum atomic E-state index is -4.60. The fourth-order valence-corrected chi connectivity index (χ4v) is 3.90. The first-order valence-electron chi connectivity index (χ1n) is 11.6. The van der Waals surface area contributed by atoms with Crippen LogP contribution >= 0.6 is 0 Å². The van der Waals surface area contributed by atoms with Crippen LogP contribution in [0.25, 0.3) is 16.8 Å². The van der Waals surface area contributed by atoms with Crippen molar-refractivity contribution in [3.8, 4) is 22.6 Å². The zero-order chi connectivity index (χ0) is 27.7. The summed E-state index contributed by atoms with van der Waals surface area (Å²) in [5.41, 5.74) is 7.26. The monoisotopic (exact) mass is 542 g/mol. The van der Waals surface area contributed by atoms with Gasteiger partial charge in [0.1, 0.15) is 11.5 Å². The van der Waals surface area contributed by atoms with Crippen molar-refractivity contribution in [1.82, 2.24) is 19.5 Å². The Morgan fingerprint density at radius 1 is 1.08 bits per heavy atom. The second-order valence-electron chi connectivity index (χ2n) is 8.71. The van der Waals surface area contributed by atoms with Gasteiger partial charge in [0.15, 0.2) is 12.3 Å². The lowest BCUT2D eigenvalue weighted by molar-refractivity contribution is -0.153. The molecule has 3 heterocycles. The quantitative estimate of drug-likeness (QED) is 0.323. The van der Waals surface area contributed by atoms with Gasteiger partial charge >= 0.3 is 12.3 Å². The van der Waals surface area contributed by atoms with Crippen molar-refractivity contribution in [1.29, 1.82) is 0 Å². The lowest BCUT2D eigenvalue weighted by Gasteiger charge is -2.36. The van der Waals surface area contributed by atoms with E-state index in [1.54, 1.807) is 42.6 Å². The largest absolute Gasteiger partial charge is 0.482 e. The summed E-state index contributed by atoms with van der Waals surface area (Å²) in [5.74, 6) is -0.272. The number of hydrogen-bond acceptors (Lipinski definition) is 8. The second-order valence-corrected chi connectivity index (χ2v) is 8.71. The first-order chi connectivity index (χ1) is 18.5. The molecule has 4 N–H and O–H groups in total. The van der Waals surface area contributed by atoms with Crippen molar-refractivity contribution in [2.45, 2.75) is 12.3 Å². The highest BCUT2D eigenvalue weighted by Gasteiger charge is 2.31. The Bertz CT molecular complexity index is 1530. The summed E-state index contributed by atoms with van der Waals surface area (Å²) in [7, 11) is 0. The molecule has 0 bridgehead atoms. The first-order valence-corrected chi connectivity index (χ1v) is 11.6. The number of aliphatic hydroxyl groups excluding tert-OH is 1. The van der Waals surface area contributed by atoms with Crippen LogP contribution in [0.15, 0.2) is 60.8 Å². The van der Waals surface area contributed by atoms with Gasteiger partial charge in [-0.2, -0.15) is 18.2 Å². The summed E-state index contributed by atoms with van der Waals surface area (Å²) >= 11 is 0. The van der Waals surface area contributed by atoms with Gasteiger partial charge in [0.25, 0.3) is 5.91 Å². The topological polar surface area (TPSA) is 144 Å². The number of nitrogens with two attached hydrogens (primary N) is 1. The average Bonchev–Trinajstić information content (AvgIpc) is 3.27. The molecule has 14 heteroatoms. The number of carbonyl (C=O) groups excluding carboxylic acids is 2. The summed E-state index contributed by atoms with van der Waals surface area (Å²) in [6, 6.07) is 14.2. The van der Waals surface area contributed by atoms with Crippen LogP contribution in [0.1, 0.15) is 10.4 Å². The number of nitrogens with zero attached hydrogens (tertiary/aromatic N) is 4. The molecular formula is C25H21F3N6O5. The number of β-amino-alcohol motifs (C(OH)–C–C–N with tert-alkyl or cyclic N) is 1. The van der Waals surface area contributed by atoms with Gasteiger partial charge in [0, 0.05) is 30.4 Å². The van der Waals surface area contributed by atoms with Crippen LogP contribution in [0.2, 0.25) is 0 Å². The van der Waals surface area contributed by atoms with Crippen molar-refractivity contribution in [2.24, 2.45) is 5.73 Å². The smallest absolute Gasteiger partial charge is 0.422 e. The predicted octanol–water partition coefficient (Wildman–Crippen LogP) is 3.36. The molecule has 0 spiro atoms. The molecule has 1 aliphatic rings. The summed E-state index contributed by atoms with van der Waals surface area (Å²) in [5, 5.41) is 16.6. The third-order valence-electron chi connectivity index (χ3n) is 5.75. The molecule has 202 valence electrons. The van der Waals surface area contributed by atoms with Crippen LogP contribution in [0.4, 0.5) is 29.6 Å². The Kier molecular flexibility index (Phi) is 6.70. The van der Waals surface area contributed by atoms with Crippen molar-refractivity contribution >= 4 is 29.3 Å². The summed E-state index contributed by atoms with van der Waals surface area (Å²) in [6.45, 7) is -1.26. The molecule has 0 unspecified atom stereocenters. The molecule has 0 atom stereocenters. The lowest BCUT2D eigenvalue weighted by atomic mass is 10.1. The maximum absolute atomic E-state index is 12.9. The van der Waals surface area contributed by atoms with E-state index in [-0.39, 0.29) is 36.0 Å². The van der Waals surface area contributed by atoms with Gasteiger partial charge in [-0.3, -0.25) is 4.79 Å². The van der Waals surface area contributed by atoms with Crippen LogP contribution in [-0.4, -0.2) is 68.6 Å². The minimum absolute atomic E-state index is 0.0826. The molecule has 11 nitrogen and oxygen atoms in total. The molecule has 2 aromatic heterocycles. The number of alkyl halides is 3. The van der Waals surface area contributed by atoms with Gasteiger partial charge in [0.2, 0.25) is 5.95 Å². The van der Waals surface area contributed by atoms with Gasteiger partial charge in [-0.1, -0.05) is 12.1 Å². The van der Waals surface area contributed by atoms with Gasteiger partial charge < -0.3 is 30.5 Å². The van der Waals surface area contributed by atoms with E-state index in [9.17, 15) is 27.9 Å². The third-order valence-corrected chi connectivity index (χ3v) is 5.75. The Morgan fingerprint density at radius 2 is 1.79 bits per heavy atom. The number of hydrogen-bond donors (Lipinski definition) is 3. The SMILES string of the molecule is NC(=O)Oc1ccc(-c2ccc3nc(Nc4ccc(C(=O)N5CC(O)C5)cc4OCC(F)(F)F)nn3c2)cc1. The molecule has 0 radical (unpaired) electrons. The fraction of sp³-hybridized carbons (Fsp3) is 0.200. The first kappa shape index (κ1) is 25.8. The van der Waals surface area contributed by atoms with Crippen LogP contribution in [0.3, 0.4) is 0 Å². The van der Waals surface area contributed by atoms with Crippen LogP contribution in [0, 0.1) is 0 Å². The summed E-state index contributed by atoms with van der Waals surface area (Å²) in [4.78, 5) is 29.2. The Balaban J connectivity index is 1.38. The molecule has 2 aromatic carbocycles. The minimum Gasteiger partial charge on any atom is -0.482 e. The number of benzene rings is 2. The number of pyridine rings is 1. The van der Waals surface area contributed by atoms with E-state index in [4.69, 9.17) is 15.2 Å². The lowest BCUT2D eigenvalue weighted by Crippen LogP contribution is -2.53. The zero-order valence-electron chi connectivity index (χ0n) is 20.1. The standard InChI is InChI=1S/C25H21F3N6O5/c26-25(27,28)13-38-20-9-15(22(36)33-11-17(35)12-33)3-7-19(20)30-24-31-21-8-4-16(10-34(21)32-24)14-1-5-18(6-2-14)39-23(29)37/h1-10,17,35H,11-13H2,(H2,29,37)(H,30,32). The van der Waals surface area contributed by atoms with Crippen molar-refractivity contribution < 1.29 is 37.3 Å². The third kappa shape index (κ3) is 6.01. The maximum atomic E-state index is 12.9. The van der Waals surface area contributed by atoms with Gasteiger partial charge in [0.05, 0.1) is 11.8 Å². The molecule has 0 saturated carbocycles. The number of primary amides is 1. The molecule has 1 saturated heterocycles. The molecule has 1 fully saturated rings. The predicted molar refractivity (Wildman–Crippen MR) is 132 cm³/mol. The average molecular weight is 542 g/mol. The molecule has 5 rings (SSSR count). The number of aromatic nitrogens is 3. The van der Waals surface area contributed by atoms with E-state index < -0.39 is 30.9 Å². The Morgan fingerprint density at radius 3 is 2.46 bits per heavy atom. The number of aliphatic hydroxyl groups is 1. The molecule has 39 heavy (non-hydrogen) atoms. The van der Waals surface area contributed by atoms with E-state index in [0.29, 0.717) is 11.4 Å². The number of amides is 2. The van der Waals surface area contributed by atoms with Crippen molar-refractivity contribution in [3.05, 3.63) is 66.4 Å². The van der Waals surface area contributed by atoms with Crippen molar-refractivity contribution in [2.75, 3.05) is 25.0 Å². The number of nitrogens with one attached hydrogen (secondary N) is 1. The normalized spacial score (nSPS) is 13.7. The summed E-state index contributed by atoms with van der Waals surface area (Å²) in [6.07, 6.45) is -4.44. The van der Waals surface area contributed by atoms with E-state index in [0.717, 1.165) is 11.1 Å². The van der Waals surface area contributed by atoms with Gasteiger partial charge in [-0.05, 0) is 48.0 Å². The number of fused-ring (bicyclic) bond motifs is 1. The van der Waals surface area contributed by atoms with Crippen molar-refractivity contribution in [3.63, 3.8) is 0 Å². The molecule has 4 aromatic rings. The van der Waals surface area contributed by atoms with Gasteiger partial charge in [-0.15, -0.1) is 5.10 Å². The highest BCUT2D eigenvalue weighted by molar-refractivity contribution is 5.96. The number of anilines is 2. The Labute approximate surface area is 218 Å².